The van der Waals surface area contributed by atoms with Crippen molar-refractivity contribution in [2.45, 2.75) is 26.9 Å². The Labute approximate surface area is 149 Å². The minimum atomic E-state index is -3.02. The van der Waals surface area contributed by atoms with E-state index in [1.54, 1.807) is 26.0 Å². The van der Waals surface area contributed by atoms with Gasteiger partial charge < -0.3 is 9.64 Å². The number of ether oxygens (including phenoxy) is 1. The molecule has 1 aromatic rings. The van der Waals surface area contributed by atoms with Gasteiger partial charge in [0, 0.05) is 23.9 Å². The van der Waals surface area contributed by atoms with Gasteiger partial charge in [0.25, 0.3) is 5.91 Å². The van der Waals surface area contributed by atoms with Crippen molar-refractivity contribution in [2.24, 2.45) is 10.8 Å². The number of halogens is 2. The third-order valence-corrected chi connectivity index (χ3v) is 4.86. The third-order valence-electron chi connectivity index (χ3n) is 4.86. The number of nitrogens with zero attached hydrogens (tertiary/aromatic N) is 2. The van der Waals surface area contributed by atoms with Crippen molar-refractivity contribution in [1.82, 2.24) is 4.90 Å². The highest BCUT2D eigenvalue weighted by atomic mass is 19.3. The highest BCUT2D eigenvalue weighted by Crippen LogP contribution is 2.48. The molecule has 1 aromatic carbocycles. The zero-order chi connectivity index (χ0) is 19.1. The lowest BCUT2D eigenvalue weighted by atomic mass is 9.61. The molecular formula is C19H18F2N2O3. The SMILES string of the molecule is CC1(C)CC2(C=C(C#N)C1=O)CN(C(=O)c1ccccc1OC(F)F)C2. The van der Waals surface area contributed by atoms with Gasteiger partial charge in [-0.1, -0.05) is 32.1 Å². The number of allylic oxidation sites excluding steroid dienone is 1. The van der Waals surface area contributed by atoms with Gasteiger partial charge in [-0.05, 0) is 18.6 Å². The van der Waals surface area contributed by atoms with Crippen LogP contribution in [0.15, 0.2) is 35.9 Å². The number of benzene rings is 1. The predicted octanol–water partition coefficient (Wildman–Crippen LogP) is 3.18. The van der Waals surface area contributed by atoms with Gasteiger partial charge in [-0.2, -0.15) is 14.0 Å². The fourth-order valence-corrected chi connectivity index (χ4v) is 3.90. The van der Waals surface area contributed by atoms with Crippen LogP contribution in [0.4, 0.5) is 8.78 Å². The molecule has 136 valence electrons. The number of hydrogen-bond donors (Lipinski definition) is 0. The van der Waals surface area contributed by atoms with Crippen LogP contribution in [0.3, 0.4) is 0 Å². The standard InChI is InChI=1S/C19H18F2N2O3/c1-18(2)9-19(7-12(8-22)15(18)24)10-23(11-19)16(25)13-5-3-4-6-14(13)26-17(20)21/h3-7,17H,9-11H2,1-2H3. The van der Waals surface area contributed by atoms with E-state index >= 15 is 0 Å². The lowest BCUT2D eigenvalue weighted by Gasteiger charge is -2.53. The van der Waals surface area contributed by atoms with Crippen LogP contribution < -0.4 is 4.74 Å². The van der Waals surface area contributed by atoms with Crippen LogP contribution in [0.1, 0.15) is 30.6 Å². The lowest BCUT2D eigenvalue weighted by Crippen LogP contribution is -2.60. The van der Waals surface area contributed by atoms with Gasteiger partial charge in [0.15, 0.2) is 5.78 Å². The van der Waals surface area contributed by atoms with E-state index in [0.717, 1.165) is 0 Å². The zero-order valence-corrected chi connectivity index (χ0v) is 14.5. The largest absolute Gasteiger partial charge is 0.434 e. The molecule has 0 saturated carbocycles. The first-order chi connectivity index (χ1) is 12.2. The summed E-state index contributed by atoms with van der Waals surface area (Å²) in [6.45, 7) is 1.22. The molecule has 5 nitrogen and oxygen atoms in total. The van der Waals surface area contributed by atoms with E-state index in [4.69, 9.17) is 0 Å². The maximum atomic E-state index is 12.7. The summed E-state index contributed by atoms with van der Waals surface area (Å²) in [6, 6.07) is 7.81. The van der Waals surface area contributed by atoms with Crippen LogP contribution in [0.5, 0.6) is 5.75 Å². The zero-order valence-electron chi connectivity index (χ0n) is 14.5. The molecule has 1 aliphatic carbocycles. The van der Waals surface area contributed by atoms with Crippen molar-refractivity contribution in [3.05, 3.63) is 41.5 Å². The van der Waals surface area contributed by atoms with Crippen LogP contribution in [0, 0.1) is 22.2 Å². The normalized spacial score (nSPS) is 20.4. The molecule has 1 spiro atoms. The molecule has 1 amide bonds. The van der Waals surface area contributed by atoms with E-state index in [0.29, 0.717) is 19.5 Å². The van der Waals surface area contributed by atoms with Crippen molar-refractivity contribution in [3.8, 4) is 11.8 Å². The summed E-state index contributed by atoms with van der Waals surface area (Å²) in [4.78, 5) is 26.4. The van der Waals surface area contributed by atoms with E-state index in [1.165, 1.54) is 23.1 Å². The number of alkyl halides is 2. The van der Waals surface area contributed by atoms with E-state index in [2.05, 4.69) is 4.74 Å². The summed E-state index contributed by atoms with van der Waals surface area (Å²) in [5.74, 6) is -0.763. The summed E-state index contributed by atoms with van der Waals surface area (Å²) in [5, 5.41) is 9.21. The molecule has 2 aliphatic rings. The molecule has 0 N–H and O–H groups in total. The first kappa shape index (κ1) is 18.1. The molecule has 0 aromatic heterocycles. The van der Waals surface area contributed by atoms with Crippen LogP contribution in [-0.4, -0.2) is 36.3 Å². The maximum Gasteiger partial charge on any atom is 0.387 e. The number of para-hydroxylation sites is 1. The number of carbonyl (C=O) groups is 2. The Morgan fingerprint density at radius 2 is 1.96 bits per heavy atom. The quantitative estimate of drug-likeness (QED) is 0.830. The van der Waals surface area contributed by atoms with Gasteiger partial charge in [0.2, 0.25) is 0 Å². The average molecular weight is 360 g/mol. The van der Waals surface area contributed by atoms with Crippen molar-refractivity contribution in [3.63, 3.8) is 0 Å². The van der Waals surface area contributed by atoms with Crippen molar-refractivity contribution < 1.29 is 23.1 Å². The number of likely N-dealkylation sites (tertiary alicyclic amines) is 1. The number of hydrogen-bond acceptors (Lipinski definition) is 4. The van der Waals surface area contributed by atoms with Crippen LogP contribution in [-0.2, 0) is 4.79 Å². The van der Waals surface area contributed by atoms with Crippen LogP contribution >= 0.6 is 0 Å². The molecule has 1 aliphatic heterocycles. The second kappa shape index (κ2) is 6.20. The van der Waals surface area contributed by atoms with E-state index in [1.807, 2.05) is 6.07 Å². The molecule has 1 fully saturated rings. The van der Waals surface area contributed by atoms with Gasteiger partial charge in [-0.25, -0.2) is 0 Å². The highest BCUT2D eigenvalue weighted by molar-refractivity contribution is 6.04. The Balaban J connectivity index is 1.80. The summed E-state index contributed by atoms with van der Waals surface area (Å²) < 4.78 is 29.5. The number of rotatable bonds is 3. The number of Topliss-reactive ketones (excluding diaryl/α,β-unsaturated/α-hetero) is 1. The second-order valence-electron chi connectivity index (χ2n) is 7.46. The minimum Gasteiger partial charge on any atom is -0.434 e. The topological polar surface area (TPSA) is 70.4 Å². The van der Waals surface area contributed by atoms with E-state index in [9.17, 15) is 23.6 Å². The first-order valence-electron chi connectivity index (χ1n) is 8.18. The second-order valence-corrected chi connectivity index (χ2v) is 7.46. The smallest absolute Gasteiger partial charge is 0.387 e. The van der Waals surface area contributed by atoms with Gasteiger partial charge in [0.1, 0.15) is 11.8 Å². The minimum absolute atomic E-state index is 0.0679. The van der Waals surface area contributed by atoms with E-state index < -0.39 is 23.3 Å². The fraction of sp³-hybridized carbons (Fsp3) is 0.421. The fourth-order valence-electron chi connectivity index (χ4n) is 3.90. The van der Waals surface area contributed by atoms with Crippen molar-refractivity contribution in [1.29, 1.82) is 5.26 Å². The summed E-state index contributed by atoms with van der Waals surface area (Å²) >= 11 is 0. The highest BCUT2D eigenvalue weighted by Gasteiger charge is 2.52. The molecular weight excluding hydrogens is 342 g/mol. The third kappa shape index (κ3) is 3.07. The monoisotopic (exact) mass is 360 g/mol. The Morgan fingerprint density at radius 1 is 1.31 bits per heavy atom. The molecule has 7 heteroatoms. The Kier molecular flexibility index (Phi) is 4.31. The number of amides is 1. The van der Waals surface area contributed by atoms with Crippen LogP contribution in [0.25, 0.3) is 0 Å². The van der Waals surface area contributed by atoms with Gasteiger partial charge in [-0.3, -0.25) is 9.59 Å². The Hall–Kier alpha value is -2.75. The van der Waals surface area contributed by atoms with Gasteiger partial charge in [-0.15, -0.1) is 0 Å². The Morgan fingerprint density at radius 3 is 2.58 bits per heavy atom. The first-order valence-corrected chi connectivity index (χ1v) is 8.18. The summed E-state index contributed by atoms with van der Waals surface area (Å²) in [5.41, 5.74) is -0.921. The Bertz CT molecular complexity index is 833. The van der Waals surface area contributed by atoms with Crippen molar-refractivity contribution in [2.75, 3.05) is 13.1 Å². The predicted molar refractivity (Wildman–Crippen MR) is 88.5 cm³/mol. The molecule has 0 bridgehead atoms. The van der Waals surface area contributed by atoms with Gasteiger partial charge >= 0.3 is 6.61 Å². The summed E-state index contributed by atoms with van der Waals surface area (Å²) in [7, 11) is 0. The molecule has 0 radical (unpaired) electrons. The van der Waals surface area contributed by atoms with Gasteiger partial charge in [0.05, 0.1) is 11.1 Å². The molecule has 3 rings (SSSR count). The number of carbonyl (C=O) groups excluding carboxylic acids is 2. The molecule has 1 heterocycles. The molecule has 26 heavy (non-hydrogen) atoms. The lowest BCUT2D eigenvalue weighted by molar-refractivity contribution is -0.127. The van der Waals surface area contributed by atoms with Crippen molar-refractivity contribution >= 4 is 11.7 Å². The van der Waals surface area contributed by atoms with E-state index in [-0.39, 0.29) is 22.7 Å². The van der Waals surface area contributed by atoms with Crippen LogP contribution in [0.2, 0.25) is 0 Å². The molecule has 0 unspecified atom stereocenters. The number of ketones is 1. The summed E-state index contributed by atoms with van der Waals surface area (Å²) in [6.07, 6.45) is 2.19. The molecule has 0 atom stereocenters. The average Bonchev–Trinajstić information content (AvgIpc) is 2.54. The molecule has 1 saturated heterocycles. The maximum absolute atomic E-state index is 12.7. The number of nitriles is 1.